The number of phenols is 1. The third-order valence-electron chi connectivity index (χ3n) is 7.98. The Morgan fingerprint density at radius 1 is 1.08 bits per heavy atom. The number of ether oxygens (including phenoxy) is 2. The molecule has 4 aliphatic rings. The topological polar surface area (TPSA) is 131 Å². The van der Waals surface area contributed by atoms with Crippen LogP contribution in [0.2, 0.25) is 5.02 Å². The summed E-state index contributed by atoms with van der Waals surface area (Å²) < 4.78 is 9.87. The first kappa shape index (κ1) is 25.8. The van der Waals surface area contributed by atoms with E-state index < -0.39 is 63.1 Å². The summed E-state index contributed by atoms with van der Waals surface area (Å²) in [6.45, 7) is 0. The standard InChI is InChI=1S/C24H21Cl3N2O8/c1-28-20(33)23(26)8-12-10(4-5-11-15(12)19(32)29(18(11)31)22(35)37-3)16(24(23,27)21(28)34)9-6-13(25)17(30)14(7-9)36-2/h4,6-7,11-12,15-16,30H,5,8H2,1-3H3/t11-,12+,15-,16-,23+,24-/m0/s1. The molecule has 10 nitrogen and oxygen atoms in total. The highest BCUT2D eigenvalue weighted by molar-refractivity contribution is 6.53. The number of nitrogens with zero attached hydrogens (tertiary/aromatic N) is 2. The molecular formula is C24H21Cl3N2O8. The summed E-state index contributed by atoms with van der Waals surface area (Å²) in [6, 6.07) is 2.82. The second-order valence-corrected chi connectivity index (χ2v) is 11.2. The lowest BCUT2D eigenvalue weighted by Crippen LogP contribution is -2.60. The van der Waals surface area contributed by atoms with Crippen LogP contribution in [0.4, 0.5) is 4.79 Å². The second kappa shape index (κ2) is 8.34. The highest BCUT2D eigenvalue weighted by Gasteiger charge is 2.76. The van der Waals surface area contributed by atoms with Crippen molar-refractivity contribution in [3.05, 3.63) is 34.4 Å². The number of aromatic hydroxyl groups is 1. The zero-order valence-electron chi connectivity index (χ0n) is 19.8. The molecule has 2 heterocycles. The second-order valence-electron chi connectivity index (χ2n) is 9.53. The number of fused-ring (bicyclic) bond motifs is 4. The van der Waals surface area contributed by atoms with Crippen molar-refractivity contribution in [2.24, 2.45) is 17.8 Å². The highest BCUT2D eigenvalue weighted by Crippen LogP contribution is 2.65. The molecule has 13 heteroatoms. The number of hydrogen-bond acceptors (Lipinski definition) is 8. The molecule has 1 aromatic carbocycles. The van der Waals surface area contributed by atoms with Crippen molar-refractivity contribution in [1.29, 1.82) is 0 Å². The average molecular weight is 572 g/mol. The molecule has 1 saturated carbocycles. The maximum atomic E-state index is 13.5. The number of phenolic OH excluding ortho intramolecular Hbond substituents is 1. The summed E-state index contributed by atoms with van der Waals surface area (Å²) >= 11 is 20.3. The van der Waals surface area contributed by atoms with Crippen LogP contribution in [0.5, 0.6) is 11.5 Å². The summed E-state index contributed by atoms with van der Waals surface area (Å²) in [4.78, 5) is 62.8. The fourth-order valence-corrected chi connectivity index (χ4v) is 7.54. The van der Waals surface area contributed by atoms with Gasteiger partial charge in [0.1, 0.15) is 0 Å². The zero-order valence-corrected chi connectivity index (χ0v) is 22.1. The van der Waals surface area contributed by atoms with Crippen LogP contribution in [-0.2, 0) is 23.9 Å². The number of alkyl halides is 2. The first-order valence-electron chi connectivity index (χ1n) is 11.3. The third-order valence-corrected chi connectivity index (χ3v) is 9.68. The molecule has 196 valence electrons. The third kappa shape index (κ3) is 3.09. The maximum Gasteiger partial charge on any atom is 0.423 e. The van der Waals surface area contributed by atoms with Crippen LogP contribution in [0.25, 0.3) is 0 Å². The quantitative estimate of drug-likeness (QED) is 0.326. The van der Waals surface area contributed by atoms with E-state index in [-0.39, 0.29) is 29.4 Å². The van der Waals surface area contributed by atoms with E-state index in [0.717, 1.165) is 12.0 Å². The summed E-state index contributed by atoms with van der Waals surface area (Å²) in [5.41, 5.74) is 0.813. The average Bonchev–Trinajstić information content (AvgIpc) is 3.20. The van der Waals surface area contributed by atoms with Crippen molar-refractivity contribution < 1.29 is 38.6 Å². The summed E-state index contributed by atoms with van der Waals surface area (Å²) in [6.07, 6.45) is 0.446. The van der Waals surface area contributed by atoms with E-state index >= 15 is 0 Å². The monoisotopic (exact) mass is 570 g/mol. The minimum Gasteiger partial charge on any atom is -0.503 e. The van der Waals surface area contributed by atoms with E-state index in [1.54, 1.807) is 6.08 Å². The molecule has 0 spiro atoms. The van der Waals surface area contributed by atoms with Gasteiger partial charge >= 0.3 is 6.09 Å². The van der Waals surface area contributed by atoms with Crippen LogP contribution in [0.15, 0.2) is 23.8 Å². The Kier molecular flexibility index (Phi) is 5.82. The van der Waals surface area contributed by atoms with Crippen LogP contribution in [0, 0.1) is 17.8 Å². The molecule has 5 rings (SSSR count). The van der Waals surface area contributed by atoms with E-state index in [4.69, 9.17) is 39.5 Å². The lowest BCUT2D eigenvalue weighted by molar-refractivity contribution is -0.139. The molecular weight excluding hydrogens is 551 g/mol. The molecule has 1 aromatic rings. The van der Waals surface area contributed by atoms with E-state index in [1.807, 2.05) is 0 Å². The molecule has 0 unspecified atom stereocenters. The molecule has 1 N–H and O–H groups in total. The highest BCUT2D eigenvalue weighted by atomic mass is 35.5. The predicted molar refractivity (Wildman–Crippen MR) is 129 cm³/mol. The summed E-state index contributed by atoms with van der Waals surface area (Å²) in [7, 11) is 3.64. The molecule has 0 bridgehead atoms. The lowest BCUT2D eigenvalue weighted by Gasteiger charge is -2.50. The molecule has 0 radical (unpaired) electrons. The summed E-state index contributed by atoms with van der Waals surface area (Å²) in [5.74, 6) is -7.14. The van der Waals surface area contributed by atoms with Crippen molar-refractivity contribution in [1.82, 2.24) is 9.80 Å². The van der Waals surface area contributed by atoms with Gasteiger partial charge in [0.25, 0.3) is 11.8 Å². The molecule has 2 aliphatic carbocycles. The van der Waals surface area contributed by atoms with Crippen LogP contribution in [0.1, 0.15) is 24.3 Å². The Labute approximate surface area is 226 Å². The SMILES string of the molecule is COC(=O)N1C(=O)[C@H]2[C@H](CC=C3[C@H]2C[C@@]2(Cl)C(=O)N(C)C(=O)[C@@]2(Cl)[C@H]3c2cc(Cl)c(O)c(OC)c2)C1=O. The van der Waals surface area contributed by atoms with Crippen molar-refractivity contribution in [3.63, 3.8) is 0 Å². The van der Waals surface area contributed by atoms with Crippen LogP contribution in [0.3, 0.4) is 0 Å². The van der Waals surface area contributed by atoms with Gasteiger partial charge < -0.3 is 14.6 Å². The molecule has 0 aromatic heterocycles. The van der Waals surface area contributed by atoms with Crippen molar-refractivity contribution in [2.75, 3.05) is 21.3 Å². The van der Waals surface area contributed by atoms with E-state index in [1.165, 1.54) is 26.3 Å². The Morgan fingerprint density at radius 2 is 1.76 bits per heavy atom. The summed E-state index contributed by atoms with van der Waals surface area (Å²) in [5, 5.41) is 10.2. The minimum absolute atomic E-state index is 0.00605. The van der Waals surface area contributed by atoms with E-state index in [2.05, 4.69) is 4.74 Å². The number of methoxy groups -OCH3 is 2. The molecule has 2 saturated heterocycles. The van der Waals surface area contributed by atoms with Gasteiger partial charge in [-0.25, -0.2) is 4.79 Å². The van der Waals surface area contributed by atoms with E-state index in [9.17, 15) is 29.1 Å². The molecule has 2 aliphatic heterocycles. The van der Waals surface area contributed by atoms with Gasteiger partial charge in [-0.15, -0.1) is 23.2 Å². The van der Waals surface area contributed by atoms with Gasteiger partial charge in [-0.1, -0.05) is 23.3 Å². The molecule has 5 amide bonds. The first-order chi connectivity index (χ1) is 17.3. The van der Waals surface area contributed by atoms with Gasteiger partial charge in [0, 0.05) is 13.0 Å². The fraction of sp³-hybridized carbons (Fsp3) is 0.458. The Hall–Kier alpha value is -2.82. The normalized spacial score (nSPS) is 34.7. The first-order valence-corrected chi connectivity index (χ1v) is 12.4. The zero-order chi connectivity index (χ0) is 27.2. The van der Waals surface area contributed by atoms with Gasteiger partial charge in [0.15, 0.2) is 21.2 Å². The number of amides is 5. The predicted octanol–water partition coefficient (Wildman–Crippen LogP) is 2.81. The Balaban J connectivity index is 1.74. The van der Waals surface area contributed by atoms with E-state index in [0.29, 0.717) is 16.0 Å². The van der Waals surface area contributed by atoms with Gasteiger partial charge in [0.05, 0.1) is 31.1 Å². The number of imide groups is 4. The lowest BCUT2D eigenvalue weighted by atomic mass is 9.56. The molecule has 6 atom stereocenters. The number of halogens is 3. The van der Waals surface area contributed by atoms with Gasteiger partial charge in [-0.2, -0.15) is 4.90 Å². The number of allylic oxidation sites excluding steroid dienone is 2. The fourth-order valence-electron chi connectivity index (χ4n) is 6.31. The van der Waals surface area contributed by atoms with Crippen molar-refractivity contribution in [3.8, 4) is 11.5 Å². The van der Waals surface area contributed by atoms with Gasteiger partial charge in [-0.3, -0.25) is 24.1 Å². The minimum atomic E-state index is -2.02. The number of rotatable bonds is 2. The molecule has 37 heavy (non-hydrogen) atoms. The van der Waals surface area contributed by atoms with Crippen LogP contribution < -0.4 is 4.74 Å². The van der Waals surface area contributed by atoms with Crippen LogP contribution in [-0.4, -0.2) is 75.6 Å². The van der Waals surface area contributed by atoms with Crippen molar-refractivity contribution >= 4 is 64.5 Å². The number of carbonyl (C=O) groups is 5. The maximum absolute atomic E-state index is 13.5. The van der Waals surface area contributed by atoms with Crippen molar-refractivity contribution in [2.45, 2.75) is 28.5 Å². The number of carbonyl (C=O) groups excluding carboxylic acids is 5. The Bertz CT molecular complexity index is 1330. The van der Waals surface area contributed by atoms with Crippen LogP contribution >= 0.6 is 34.8 Å². The van der Waals surface area contributed by atoms with Gasteiger partial charge in [-0.05, 0) is 36.5 Å². The smallest absolute Gasteiger partial charge is 0.423 e. The molecule has 3 fully saturated rings. The Morgan fingerprint density at radius 3 is 2.38 bits per heavy atom. The largest absolute Gasteiger partial charge is 0.503 e. The number of hydrogen-bond donors (Lipinski definition) is 1. The number of likely N-dealkylation sites (tertiary alicyclic amines) is 2. The number of benzene rings is 1. The van der Waals surface area contributed by atoms with Gasteiger partial charge in [0.2, 0.25) is 11.8 Å².